The minimum absolute atomic E-state index is 0.954. The maximum Gasteiger partial charge on any atom is 0.143 e. The van der Waals surface area contributed by atoms with Crippen molar-refractivity contribution in [2.45, 2.75) is 0 Å². The van der Waals surface area contributed by atoms with E-state index in [0.717, 1.165) is 33.3 Å². The van der Waals surface area contributed by atoms with Gasteiger partial charge in [-0.05, 0) is 24.3 Å². The van der Waals surface area contributed by atoms with Crippen LogP contribution >= 0.6 is 0 Å². The van der Waals surface area contributed by atoms with Gasteiger partial charge in [0, 0.05) is 24.2 Å². The van der Waals surface area contributed by atoms with Crippen molar-refractivity contribution in [3.63, 3.8) is 0 Å². The standard InChI is InChI=1S/C17H13N3/c1-20-15-10-3-2-9-14(15)19-17(20)13-8-4-6-12-7-5-11-18-16(12)13/h2-11H,1H3. The number of para-hydroxylation sites is 3. The molecule has 0 radical (unpaired) electrons. The van der Waals surface area contributed by atoms with Crippen LogP contribution in [0.1, 0.15) is 0 Å². The zero-order chi connectivity index (χ0) is 13.5. The van der Waals surface area contributed by atoms with E-state index >= 15 is 0 Å². The number of benzene rings is 2. The van der Waals surface area contributed by atoms with Gasteiger partial charge < -0.3 is 4.57 Å². The number of fused-ring (bicyclic) bond motifs is 2. The second-order valence-corrected chi connectivity index (χ2v) is 4.86. The molecule has 2 aromatic heterocycles. The Morgan fingerprint density at radius 2 is 1.75 bits per heavy atom. The predicted molar refractivity (Wildman–Crippen MR) is 81.5 cm³/mol. The third-order valence-corrected chi connectivity index (χ3v) is 3.66. The maximum absolute atomic E-state index is 4.76. The molecule has 0 amide bonds. The smallest absolute Gasteiger partial charge is 0.143 e. The van der Waals surface area contributed by atoms with Gasteiger partial charge >= 0.3 is 0 Å². The average molecular weight is 259 g/mol. The summed E-state index contributed by atoms with van der Waals surface area (Å²) in [6.07, 6.45) is 1.83. The minimum atomic E-state index is 0.954. The molecule has 0 unspecified atom stereocenters. The quantitative estimate of drug-likeness (QED) is 0.520. The lowest BCUT2D eigenvalue weighted by Gasteiger charge is -2.05. The largest absolute Gasteiger partial charge is 0.327 e. The molecule has 0 fully saturated rings. The van der Waals surface area contributed by atoms with E-state index in [2.05, 4.69) is 39.9 Å². The van der Waals surface area contributed by atoms with Crippen molar-refractivity contribution in [1.29, 1.82) is 0 Å². The number of aromatic nitrogens is 3. The molecule has 2 heterocycles. The summed E-state index contributed by atoms with van der Waals surface area (Å²) in [6.45, 7) is 0. The van der Waals surface area contributed by atoms with Gasteiger partial charge in [0.05, 0.1) is 16.6 Å². The number of imidazole rings is 1. The van der Waals surface area contributed by atoms with Crippen LogP contribution in [0.4, 0.5) is 0 Å². The predicted octanol–water partition coefficient (Wildman–Crippen LogP) is 3.79. The molecule has 20 heavy (non-hydrogen) atoms. The Bertz CT molecular complexity index is 916. The van der Waals surface area contributed by atoms with Crippen molar-refractivity contribution in [3.05, 3.63) is 60.8 Å². The van der Waals surface area contributed by atoms with Crippen LogP contribution in [0.3, 0.4) is 0 Å². The highest BCUT2D eigenvalue weighted by Gasteiger charge is 2.12. The second kappa shape index (κ2) is 4.17. The molecule has 0 aliphatic heterocycles. The Labute approximate surface area is 116 Å². The summed E-state index contributed by atoms with van der Waals surface area (Å²) in [5.74, 6) is 0.954. The summed E-state index contributed by atoms with van der Waals surface area (Å²) < 4.78 is 2.12. The monoisotopic (exact) mass is 259 g/mol. The van der Waals surface area contributed by atoms with Gasteiger partial charge in [-0.3, -0.25) is 4.98 Å². The molecule has 0 N–H and O–H groups in total. The average Bonchev–Trinajstić information content (AvgIpc) is 2.84. The Hall–Kier alpha value is -2.68. The molecule has 4 aromatic rings. The second-order valence-electron chi connectivity index (χ2n) is 4.86. The Morgan fingerprint density at radius 3 is 2.65 bits per heavy atom. The molecule has 0 saturated carbocycles. The fourth-order valence-corrected chi connectivity index (χ4v) is 2.67. The zero-order valence-corrected chi connectivity index (χ0v) is 11.1. The van der Waals surface area contributed by atoms with E-state index in [1.807, 2.05) is 37.5 Å². The zero-order valence-electron chi connectivity index (χ0n) is 11.1. The third-order valence-electron chi connectivity index (χ3n) is 3.66. The SMILES string of the molecule is Cn1c(-c2cccc3cccnc23)nc2ccccc21. The van der Waals surface area contributed by atoms with E-state index in [1.54, 1.807) is 0 Å². The first kappa shape index (κ1) is 11.2. The highest BCUT2D eigenvalue weighted by molar-refractivity contribution is 5.93. The first-order chi connectivity index (χ1) is 9.84. The fourth-order valence-electron chi connectivity index (χ4n) is 2.67. The van der Waals surface area contributed by atoms with Crippen molar-refractivity contribution >= 4 is 21.9 Å². The van der Waals surface area contributed by atoms with Gasteiger partial charge in [0.2, 0.25) is 0 Å². The molecule has 0 aliphatic carbocycles. The van der Waals surface area contributed by atoms with Crippen LogP contribution < -0.4 is 0 Å². The number of hydrogen-bond acceptors (Lipinski definition) is 2. The first-order valence-corrected chi connectivity index (χ1v) is 6.60. The van der Waals surface area contributed by atoms with Crippen LogP contribution in [0.5, 0.6) is 0 Å². The molecule has 0 atom stereocenters. The number of nitrogens with zero attached hydrogens (tertiary/aromatic N) is 3. The minimum Gasteiger partial charge on any atom is -0.327 e. The van der Waals surface area contributed by atoms with Gasteiger partial charge in [-0.15, -0.1) is 0 Å². The van der Waals surface area contributed by atoms with E-state index < -0.39 is 0 Å². The normalized spacial score (nSPS) is 11.2. The van der Waals surface area contributed by atoms with Gasteiger partial charge in [-0.2, -0.15) is 0 Å². The fraction of sp³-hybridized carbons (Fsp3) is 0.0588. The summed E-state index contributed by atoms with van der Waals surface area (Å²) in [5.41, 5.74) is 4.21. The summed E-state index contributed by atoms with van der Waals surface area (Å²) in [7, 11) is 2.05. The summed E-state index contributed by atoms with van der Waals surface area (Å²) in [6, 6.07) is 18.4. The van der Waals surface area contributed by atoms with Gasteiger partial charge in [0.15, 0.2) is 0 Å². The van der Waals surface area contributed by atoms with E-state index in [-0.39, 0.29) is 0 Å². The Balaban J connectivity index is 2.09. The molecule has 0 aliphatic rings. The van der Waals surface area contributed by atoms with Gasteiger partial charge in [-0.1, -0.05) is 30.3 Å². The van der Waals surface area contributed by atoms with E-state index in [0.29, 0.717) is 0 Å². The Morgan fingerprint density at radius 1 is 0.900 bits per heavy atom. The molecule has 3 heteroatoms. The highest BCUT2D eigenvalue weighted by Crippen LogP contribution is 2.28. The summed E-state index contributed by atoms with van der Waals surface area (Å²) in [4.78, 5) is 9.27. The number of rotatable bonds is 1. The number of pyridine rings is 1. The van der Waals surface area contributed by atoms with E-state index in [9.17, 15) is 0 Å². The lowest BCUT2D eigenvalue weighted by Crippen LogP contribution is -1.94. The lowest BCUT2D eigenvalue weighted by molar-refractivity contribution is 0.960. The lowest BCUT2D eigenvalue weighted by atomic mass is 10.1. The van der Waals surface area contributed by atoms with Crippen molar-refractivity contribution in [3.8, 4) is 11.4 Å². The topological polar surface area (TPSA) is 30.7 Å². The summed E-state index contributed by atoms with van der Waals surface area (Å²) >= 11 is 0. The van der Waals surface area contributed by atoms with Crippen LogP contribution in [0, 0.1) is 0 Å². The van der Waals surface area contributed by atoms with Crippen LogP contribution in [-0.4, -0.2) is 14.5 Å². The van der Waals surface area contributed by atoms with Crippen LogP contribution in [0.15, 0.2) is 60.8 Å². The molecule has 0 saturated heterocycles. The molecular formula is C17H13N3. The van der Waals surface area contributed by atoms with Gasteiger partial charge in [0.25, 0.3) is 0 Å². The first-order valence-electron chi connectivity index (χ1n) is 6.60. The van der Waals surface area contributed by atoms with Crippen LogP contribution in [-0.2, 0) is 7.05 Å². The third kappa shape index (κ3) is 1.53. The highest BCUT2D eigenvalue weighted by atomic mass is 15.1. The molecule has 96 valence electrons. The maximum atomic E-state index is 4.76. The molecule has 0 spiro atoms. The van der Waals surface area contributed by atoms with Crippen LogP contribution in [0.2, 0.25) is 0 Å². The van der Waals surface area contributed by atoms with E-state index in [4.69, 9.17) is 4.98 Å². The van der Waals surface area contributed by atoms with Crippen molar-refractivity contribution < 1.29 is 0 Å². The molecule has 4 rings (SSSR count). The molecule has 0 bridgehead atoms. The van der Waals surface area contributed by atoms with Gasteiger partial charge in [0.1, 0.15) is 5.82 Å². The molecule has 2 aromatic carbocycles. The number of hydrogen-bond donors (Lipinski definition) is 0. The van der Waals surface area contributed by atoms with Crippen LogP contribution in [0.25, 0.3) is 33.3 Å². The van der Waals surface area contributed by atoms with Crippen molar-refractivity contribution in [2.75, 3.05) is 0 Å². The van der Waals surface area contributed by atoms with E-state index in [1.165, 1.54) is 0 Å². The Kier molecular flexibility index (Phi) is 2.33. The molecular weight excluding hydrogens is 246 g/mol. The van der Waals surface area contributed by atoms with Crippen molar-refractivity contribution in [2.24, 2.45) is 7.05 Å². The summed E-state index contributed by atoms with van der Waals surface area (Å²) in [5, 5.41) is 1.14. The van der Waals surface area contributed by atoms with Crippen molar-refractivity contribution in [1.82, 2.24) is 14.5 Å². The molecule has 3 nitrogen and oxygen atoms in total. The number of aryl methyl sites for hydroxylation is 1. The van der Waals surface area contributed by atoms with Gasteiger partial charge in [-0.25, -0.2) is 4.98 Å².